The van der Waals surface area contributed by atoms with Gasteiger partial charge in [-0.3, -0.25) is 0 Å². The van der Waals surface area contributed by atoms with E-state index < -0.39 is 32.6 Å². The van der Waals surface area contributed by atoms with Gasteiger partial charge in [-0.15, -0.1) is 0 Å². The van der Waals surface area contributed by atoms with Crippen LogP contribution in [0.15, 0.2) is 17.0 Å². The Bertz CT molecular complexity index is 601. The lowest BCUT2D eigenvalue weighted by molar-refractivity contribution is 0.0902. The molecule has 0 aliphatic carbocycles. The third-order valence-electron chi connectivity index (χ3n) is 3.17. The molecule has 5 nitrogen and oxygen atoms in total. The Kier molecular flexibility index (Phi) is 4.26. The van der Waals surface area contributed by atoms with Gasteiger partial charge in [-0.1, -0.05) is 0 Å². The molecule has 1 aliphatic rings. The van der Waals surface area contributed by atoms with Crippen molar-refractivity contribution >= 4 is 15.7 Å². The van der Waals surface area contributed by atoms with Crippen molar-refractivity contribution in [2.75, 3.05) is 12.3 Å². The molecule has 2 rings (SSSR count). The maximum Gasteiger partial charge on any atom is 0.244 e. The van der Waals surface area contributed by atoms with E-state index in [-0.39, 0.29) is 11.8 Å². The van der Waals surface area contributed by atoms with Crippen LogP contribution in [0.4, 0.5) is 14.5 Å². The molecule has 2 atom stereocenters. The third kappa shape index (κ3) is 3.08. The Morgan fingerprint density at radius 1 is 1.45 bits per heavy atom. The quantitative estimate of drug-likeness (QED) is 0.824. The molecule has 2 unspecified atom stereocenters. The van der Waals surface area contributed by atoms with E-state index in [0.29, 0.717) is 6.61 Å². The van der Waals surface area contributed by atoms with Gasteiger partial charge in [0.25, 0.3) is 0 Å². The number of halogens is 2. The van der Waals surface area contributed by atoms with Crippen LogP contribution in [-0.2, 0) is 14.8 Å². The zero-order valence-corrected chi connectivity index (χ0v) is 11.7. The second-order valence-corrected chi connectivity index (χ2v) is 6.46. The molecule has 0 amide bonds. The molecule has 20 heavy (non-hydrogen) atoms. The zero-order chi connectivity index (χ0) is 14.9. The Morgan fingerprint density at radius 2 is 2.15 bits per heavy atom. The molecule has 1 fully saturated rings. The predicted molar refractivity (Wildman–Crippen MR) is 69.5 cm³/mol. The van der Waals surface area contributed by atoms with E-state index in [9.17, 15) is 17.2 Å². The highest BCUT2D eigenvalue weighted by molar-refractivity contribution is 7.89. The molecular weight excluding hydrogens is 290 g/mol. The molecule has 1 heterocycles. The summed E-state index contributed by atoms with van der Waals surface area (Å²) in [6, 6.07) is 1.09. The zero-order valence-electron chi connectivity index (χ0n) is 10.9. The largest absolute Gasteiger partial charge is 0.399 e. The number of hydrogen-bond donors (Lipinski definition) is 2. The Morgan fingerprint density at radius 3 is 2.75 bits per heavy atom. The Balaban J connectivity index is 2.26. The van der Waals surface area contributed by atoms with E-state index in [1.807, 2.05) is 0 Å². The van der Waals surface area contributed by atoms with Crippen molar-refractivity contribution in [3.8, 4) is 0 Å². The monoisotopic (exact) mass is 306 g/mol. The molecule has 1 aromatic rings. The summed E-state index contributed by atoms with van der Waals surface area (Å²) in [4.78, 5) is -0.792. The van der Waals surface area contributed by atoms with E-state index in [0.717, 1.165) is 25.0 Å². The summed E-state index contributed by atoms with van der Waals surface area (Å²) in [6.07, 6.45) is 1.30. The molecule has 112 valence electrons. The average molecular weight is 306 g/mol. The summed E-state index contributed by atoms with van der Waals surface area (Å²) >= 11 is 0. The SMILES string of the molecule is CC(NS(=O)(=O)c1cc(N)cc(F)c1F)C1CCCO1. The van der Waals surface area contributed by atoms with Gasteiger partial charge in [0.2, 0.25) is 10.0 Å². The minimum atomic E-state index is -4.20. The predicted octanol–water partition coefficient (Wildman–Crippen LogP) is 1.39. The smallest absolute Gasteiger partial charge is 0.244 e. The summed E-state index contributed by atoms with van der Waals surface area (Å²) < 4.78 is 58.7. The number of nitrogens with two attached hydrogens (primary N) is 1. The van der Waals surface area contributed by atoms with E-state index in [2.05, 4.69) is 4.72 Å². The van der Waals surface area contributed by atoms with Gasteiger partial charge in [0.1, 0.15) is 4.90 Å². The number of anilines is 1. The van der Waals surface area contributed by atoms with Crippen molar-refractivity contribution in [2.24, 2.45) is 0 Å². The lowest BCUT2D eigenvalue weighted by Crippen LogP contribution is -2.41. The highest BCUT2D eigenvalue weighted by Gasteiger charge is 2.29. The first-order valence-electron chi connectivity index (χ1n) is 6.19. The fraction of sp³-hybridized carbons (Fsp3) is 0.500. The Hall–Kier alpha value is -1.25. The normalized spacial score (nSPS) is 21.1. The van der Waals surface area contributed by atoms with E-state index in [4.69, 9.17) is 10.5 Å². The van der Waals surface area contributed by atoms with Gasteiger partial charge in [0.05, 0.1) is 6.10 Å². The van der Waals surface area contributed by atoms with Crippen molar-refractivity contribution in [3.63, 3.8) is 0 Å². The minimum Gasteiger partial charge on any atom is -0.399 e. The summed E-state index contributed by atoms with van der Waals surface area (Å²) in [5.41, 5.74) is 5.20. The highest BCUT2D eigenvalue weighted by atomic mass is 32.2. The maximum absolute atomic E-state index is 13.6. The second-order valence-electron chi connectivity index (χ2n) is 4.78. The first-order valence-corrected chi connectivity index (χ1v) is 7.68. The number of nitrogen functional groups attached to an aromatic ring is 1. The summed E-state index contributed by atoms with van der Waals surface area (Å²) in [5, 5.41) is 0. The molecule has 0 radical (unpaired) electrons. The van der Waals surface area contributed by atoms with Gasteiger partial charge < -0.3 is 10.5 Å². The van der Waals surface area contributed by atoms with Crippen molar-refractivity contribution < 1.29 is 21.9 Å². The molecule has 3 N–H and O–H groups in total. The van der Waals surface area contributed by atoms with Crippen molar-refractivity contribution in [2.45, 2.75) is 36.8 Å². The minimum absolute atomic E-state index is 0.158. The van der Waals surface area contributed by atoms with Gasteiger partial charge in [-0.2, -0.15) is 0 Å². The van der Waals surface area contributed by atoms with Gasteiger partial charge in [-0.05, 0) is 31.9 Å². The fourth-order valence-corrected chi connectivity index (χ4v) is 3.55. The molecule has 1 aromatic carbocycles. The molecule has 0 saturated carbocycles. The number of sulfonamides is 1. The van der Waals surface area contributed by atoms with Crippen LogP contribution < -0.4 is 10.5 Å². The van der Waals surface area contributed by atoms with Crippen molar-refractivity contribution in [1.82, 2.24) is 4.72 Å². The number of hydrogen-bond acceptors (Lipinski definition) is 4. The molecule has 8 heteroatoms. The van der Waals surface area contributed by atoms with E-state index in [1.54, 1.807) is 6.92 Å². The molecule has 1 saturated heterocycles. The maximum atomic E-state index is 13.6. The lowest BCUT2D eigenvalue weighted by atomic mass is 10.1. The van der Waals surface area contributed by atoms with E-state index in [1.165, 1.54) is 0 Å². The van der Waals surface area contributed by atoms with E-state index >= 15 is 0 Å². The molecule has 0 aromatic heterocycles. The van der Waals surface area contributed by atoms with Crippen LogP contribution in [0.1, 0.15) is 19.8 Å². The molecular formula is C12H16F2N2O3S. The summed E-state index contributed by atoms with van der Waals surface area (Å²) in [5.74, 6) is -2.73. The van der Waals surface area contributed by atoms with Crippen LogP contribution >= 0.6 is 0 Å². The van der Waals surface area contributed by atoms with Gasteiger partial charge >= 0.3 is 0 Å². The third-order valence-corrected chi connectivity index (χ3v) is 4.73. The van der Waals surface area contributed by atoms with Crippen LogP contribution in [0.3, 0.4) is 0 Å². The number of benzene rings is 1. The molecule has 0 bridgehead atoms. The van der Waals surface area contributed by atoms with Gasteiger partial charge in [0, 0.05) is 18.3 Å². The average Bonchev–Trinajstić information content (AvgIpc) is 2.86. The number of rotatable bonds is 4. The summed E-state index contributed by atoms with van der Waals surface area (Å²) in [7, 11) is -4.20. The van der Waals surface area contributed by atoms with Gasteiger partial charge in [-0.25, -0.2) is 21.9 Å². The number of nitrogens with one attached hydrogen (secondary N) is 1. The standard InChI is InChI=1S/C12H16F2N2O3S/c1-7(10-3-2-4-19-10)16-20(17,18)11-6-8(15)5-9(13)12(11)14/h5-7,10,16H,2-4,15H2,1H3. The van der Waals surface area contributed by atoms with Crippen LogP contribution in [-0.4, -0.2) is 27.2 Å². The highest BCUT2D eigenvalue weighted by Crippen LogP contribution is 2.23. The first kappa shape index (κ1) is 15.1. The van der Waals surface area contributed by atoms with Crippen LogP contribution in [0.5, 0.6) is 0 Å². The van der Waals surface area contributed by atoms with Crippen LogP contribution in [0.25, 0.3) is 0 Å². The number of ether oxygens (including phenoxy) is 1. The van der Waals surface area contributed by atoms with Crippen molar-refractivity contribution in [3.05, 3.63) is 23.8 Å². The Labute approximate surface area is 116 Å². The first-order chi connectivity index (χ1) is 9.31. The topological polar surface area (TPSA) is 81.4 Å². The second kappa shape index (κ2) is 5.63. The van der Waals surface area contributed by atoms with Gasteiger partial charge in [0.15, 0.2) is 11.6 Å². The van der Waals surface area contributed by atoms with Crippen LogP contribution in [0, 0.1) is 11.6 Å². The molecule has 1 aliphatic heterocycles. The fourth-order valence-electron chi connectivity index (χ4n) is 2.16. The summed E-state index contributed by atoms with van der Waals surface area (Å²) in [6.45, 7) is 2.19. The van der Waals surface area contributed by atoms with Crippen LogP contribution in [0.2, 0.25) is 0 Å². The van der Waals surface area contributed by atoms with Crippen molar-refractivity contribution in [1.29, 1.82) is 0 Å². The molecule has 0 spiro atoms. The lowest BCUT2D eigenvalue weighted by Gasteiger charge is -2.20.